The number of ether oxygens (including phenoxy) is 1. The van der Waals surface area contributed by atoms with E-state index in [4.69, 9.17) is 8.92 Å². The Morgan fingerprint density at radius 2 is 1.85 bits per heavy atom. The van der Waals surface area contributed by atoms with Gasteiger partial charge in [0.25, 0.3) is 10.1 Å². The Labute approximate surface area is 226 Å². The molecule has 1 aromatic rings. The van der Waals surface area contributed by atoms with Crippen LogP contribution in [0.25, 0.3) is 0 Å². The van der Waals surface area contributed by atoms with Crippen LogP contribution in [-0.4, -0.2) is 51.7 Å². The standard InChI is InChI=1S/C16H11F3I3NO8S2/c17-16(18,19)33(28,29)23-14(24)9-5-3-7-11(9)31-32(26,27)13(7)12(5)30-15(25)6-1-4(20)2-8(21)10(6)22/h1-2,5,7,9,11-13H,3H2,(H,23,24)/p-1. The zero-order chi connectivity index (χ0) is 24.7. The highest BCUT2D eigenvalue weighted by Crippen LogP contribution is 2.58. The summed E-state index contributed by atoms with van der Waals surface area (Å²) in [6, 6.07) is 3.32. The fraction of sp³-hybridized carbons (Fsp3) is 0.500. The number of nitrogens with zero attached hydrogens (tertiary/aromatic N) is 1. The van der Waals surface area contributed by atoms with Crippen molar-refractivity contribution in [1.29, 1.82) is 0 Å². The van der Waals surface area contributed by atoms with Crippen molar-refractivity contribution in [3.63, 3.8) is 0 Å². The summed E-state index contributed by atoms with van der Waals surface area (Å²) in [6.07, 6.45) is -2.78. The van der Waals surface area contributed by atoms with Gasteiger partial charge in [0.15, 0.2) is 0 Å². The summed E-state index contributed by atoms with van der Waals surface area (Å²) in [5.41, 5.74) is -5.65. The van der Waals surface area contributed by atoms with Gasteiger partial charge in [0, 0.05) is 28.5 Å². The van der Waals surface area contributed by atoms with E-state index in [-0.39, 0.29) is 12.0 Å². The second-order valence-corrected chi connectivity index (χ2v) is 14.4. The molecule has 1 heterocycles. The van der Waals surface area contributed by atoms with Crippen LogP contribution in [0.2, 0.25) is 0 Å². The lowest BCUT2D eigenvalue weighted by molar-refractivity contribution is -0.228. The zero-order valence-corrected chi connectivity index (χ0v) is 23.7. The van der Waals surface area contributed by atoms with Crippen molar-refractivity contribution in [3.8, 4) is 0 Å². The quantitative estimate of drug-likeness (QED) is 0.112. The molecule has 2 bridgehead atoms. The van der Waals surface area contributed by atoms with Crippen LogP contribution in [0.4, 0.5) is 13.2 Å². The van der Waals surface area contributed by atoms with Crippen molar-refractivity contribution in [2.45, 2.75) is 29.4 Å². The van der Waals surface area contributed by atoms with E-state index in [9.17, 15) is 39.9 Å². The molecular weight excluding hydrogens is 836 g/mol. The molecule has 9 nitrogen and oxygen atoms in total. The third-order valence-corrected chi connectivity index (χ3v) is 12.2. The molecule has 0 aromatic heterocycles. The molecule has 0 N–H and O–H groups in total. The number of hydrogen-bond donors (Lipinski definition) is 0. The summed E-state index contributed by atoms with van der Waals surface area (Å²) in [6.45, 7) is 0. The average Bonchev–Trinajstić information content (AvgIpc) is 3.24. The number of benzene rings is 1. The second kappa shape index (κ2) is 8.54. The van der Waals surface area contributed by atoms with E-state index in [1.165, 1.54) is 6.07 Å². The second-order valence-electron chi connectivity index (χ2n) is 7.58. The molecule has 4 rings (SSSR count). The summed E-state index contributed by atoms with van der Waals surface area (Å²) in [4.78, 5) is 12.9. The highest BCUT2D eigenvalue weighted by Gasteiger charge is 2.70. The molecule has 3 aliphatic rings. The van der Waals surface area contributed by atoms with Gasteiger partial charge in [-0.3, -0.25) is 4.18 Å². The molecule has 6 atom stereocenters. The third-order valence-electron chi connectivity index (χ3n) is 5.77. The monoisotopic (exact) mass is 846 g/mol. The minimum absolute atomic E-state index is 0.00848. The first-order chi connectivity index (χ1) is 15.0. The smallest absolute Gasteiger partial charge is 0.518 e. The summed E-state index contributed by atoms with van der Waals surface area (Å²) >= 11 is 5.90. The number of esters is 1. The van der Waals surface area contributed by atoms with Gasteiger partial charge in [-0.2, -0.15) is 34.4 Å². The number of sulfonamides is 1. The van der Waals surface area contributed by atoms with Gasteiger partial charge in [-0.1, -0.05) is 0 Å². The summed E-state index contributed by atoms with van der Waals surface area (Å²) in [5.74, 6) is -6.08. The lowest BCUT2D eigenvalue weighted by Gasteiger charge is -2.34. The molecular formula is C16H10F3I3NO8S2-. The Bertz CT molecular complexity index is 1280. The lowest BCUT2D eigenvalue weighted by atomic mass is 9.84. The fourth-order valence-corrected chi connectivity index (χ4v) is 9.40. The Morgan fingerprint density at radius 1 is 1.21 bits per heavy atom. The fourth-order valence-electron chi connectivity index (χ4n) is 4.58. The van der Waals surface area contributed by atoms with Crippen molar-refractivity contribution in [2.75, 3.05) is 0 Å². The SMILES string of the molecule is O=C(OC1C2CC3C(OS(=O)(=O)C31)C2/C([O-])=N/S(=O)(=O)C(F)(F)F)c1cc(I)cc(I)c1I. The summed E-state index contributed by atoms with van der Waals surface area (Å²) < 4.78 is 101. The van der Waals surface area contributed by atoms with Gasteiger partial charge >= 0.3 is 21.5 Å². The van der Waals surface area contributed by atoms with Crippen LogP contribution >= 0.6 is 67.8 Å². The summed E-state index contributed by atoms with van der Waals surface area (Å²) in [7, 11) is -10.5. The van der Waals surface area contributed by atoms with Gasteiger partial charge in [0.05, 0.1) is 11.7 Å². The minimum Gasteiger partial charge on any atom is -0.861 e. The first-order valence-corrected chi connectivity index (χ1v) is 15.1. The van der Waals surface area contributed by atoms with Crippen molar-refractivity contribution >= 4 is 99.8 Å². The van der Waals surface area contributed by atoms with Crippen molar-refractivity contribution < 1.29 is 48.8 Å². The van der Waals surface area contributed by atoms with Gasteiger partial charge in [-0.25, -0.2) is 4.79 Å². The third kappa shape index (κ3) is 4.39. The van der Waals surface area contributed by atoms with E-state index in [2.05, 4.69) is 4.40 Å². The van der Waals surface area contributed by atoms with Crippen molar-refractivity contribution in [2.24, 2.45) is 22.2 Å². The number of rotatable bonds is 4. The van der Waals surface area contributed by atoms with E-state index in [0.717, 1.165) is 3.57 Å². The first kappa shape index (κ1) is 26.1. The van der Waals surface area contributed by atoms with Crippen LogP contribution in [0, 0.1) is 28.5 Å². The molecule has 0 spiro atoms. The van der Waals surface area contributed by atoms with Crippen molar-refractivity contribution in [3.05, 3.63) is 28.4 Å². The van der Waals surface area contributed by atoms with Crippen LogP contribution in [0.15, 0.2) is 16.5 Å². The Hall–Kier alpha value is -0.000000000000000111. The molecule has 0 radical (unpaired) electrons. The molecule has 182 valence electrons. The number of hydrogen-bond acceptors (Lipinski definition) is 8. The Morgan fingerprint density at radius 3 is 2.45 bits per heavy atom. The normalized spacial score (nSPS) is 32.8. The molecule has 17 heteroatoms. The van der Waals surface area contributed by atoms with Crippen LogP contribution in [0.1, 0.15) is 16.8 Å². The number of carbonyl (C=O) groups excluding carboxylic acids is 1. The van der Waals surface area contributed by atoms with E-state index in [1.807, 2.05) is 67.8 Å². The van der Waals surface area contributed by atoms with Gasteiger partial charge in [-0.15, -0.1) is 0 Å². The number of alkyl halides is 3. The average molecular weight is 846 g/mol. The van der Waals surface area contributed by atoms with Crippen LogP contribution in [-0.2, 0) is 29.1 Å². The molecule has 3 fully saturated rings. The van der Waals surface area contributed by atoms with Gasteiger partial charge in [0.1, 0.15) is 11.4 Å². The van der Waals surface area contributed by atoms with Crippen LogP contribution < -0.4 is 5.11 Å². The topological polar surface area (TPSA) is 139 Å². The molecule has 0 amide bonds. The maximum atomic E-state index is 12.9. The Balaban J connectivity index is 1.70. The molecule has 6 unspecified atom stereocenters. The molecule has 1 aromatic carbocycles. The maximum absolute atomic E-state index is 12.9. The molecule has 33 heavy (non-hydrogen) atoms. The maximum Gasteiger partial charge on any atom is 0.518 e. The highest BCUT2D eigenvalue weighted by molar-refractivity contribution is 14.1. The Kier molecular flexibility index (Phi) is 6.75. The van der Waals surface area contributed by atoms with Gasteiger partial charge < -0.3 is 9.84 Å². The predicted molar refractivity (Wildman–Crippen MR) is 129 cm³/mol. The van der Waals surface area contributed by atoms with Gasteiger partial charge in [-0.05, 0) is 92.2 Å². The summed E-state index contributed by atoms with van der Waals surface area (Å²) in [5, 5.41) is 11.2. The van der Waals surface area contributed by atoms with Crippen molar-refractivity contribution in [1.82, 2.24) is 0 Å². The number of carbonyl (C=O) groups is 1. The number of halogens is 6. The van der Waals surface area contributed by atoms with Crippen LogP contribution in [0.5, 0.6) is 0 Å². The largest absolute Gasteiger partial charge is 0.861 e. The van der Waals surface area contributed by atoms with E-state index >= 15 is 0 Å². The predicted octanol–water partition coefficient (Wildman–Crippen LogP) is 2.00. The minimum atomic E-state index is -6.14. The van der Waals surface area contributed by atoms with E-state index in [1.54, 1.807) is 6.07 Å². The van der Waals surface area contributed by atoms with E-state index in [0.29, 0.717) is 7.14 Å². The van der Waals surface area contributed by atoms with Crippen LogP contribution in [0.3, 0.4) is 0 Å². The number of fused-ring (bicyclic) bond motifs is 1. The molecule has 2 saturated carbocycles. The molecule has 1 aliphatic heterocycles. The zero-order valence-electron chi connectivity index (χ0n) is 15.6. The molecule has 1 saturated heterocycles. The van der Waals surface area contributed by atoms with E-state index < -0.39 is 72.7 Å². The molecule has 2 aliphatic carbocycles. The lowest BCUT2D eigenvalue weighted by Crippen LogP contribution is -2.48. The van der Waals surface area contributed by atoms with Gasteiger partial charge in [0.2, 0.25) is 0 Å². The highest BCUT2D eigenvalue weighted by atomic mass is 127. The first-order valence-electron chi connectivity index (χ1n) is 8.91.